The van der Waals surface area contributed by atoms with Gasteiger partial charge in [0, 0.05) is 13.1 Å². The molecule has 1 aliphatic carbocycles. The molecule has 1 saturated carbocycles. The van der Waals surface area contributed by atoms with Gasteiger partial charge >= 0.3 is 0 Å². The van der Waals surface area contributed by atoms with Crippen molar-refractivity contribution in [3.05, 3.63) is 0 Å². The molecule has 2 fully saturated rings. The summed E-state index contributed by atoms with van der Waals surface area (Å²) < 4.78 is 0. The summed E-state index contributed by atoms with van der Waals surface area (Å²) in [6, 6.07) is 0. The van der Waals surface area contributed by atoms with E-state index in [1.807, 2.05) is 0 Å². The van der Waals surface area contributed by atoms with Crippen molar-refractivity contribution in [1.82, 2.24) is 4.90 Å². The molecule has 1 saturated heterocycles. The van der Waals surface area contributed by atoms with Gasteiger partial charge in [0.2, 0.25) is 0 Å². The first kappa shape index (κ1) is 13.4. The van der Waals surface area contributed by atoms with E-state index in [2.05, 4.69) is 11.8 Å². The van der Waals surface area contributed by atoms with Gasteiger partial charge in [0.25, 0.3) is 0 Å². The lowest BCUT2D eigenvalue weighted by Crippen LogP contribution is -2.41. The average molecular weight is 238 g/mol. The Bertz CT molecular complexity index is 219. The summed E-state index contributed by atoms with van der Waals surface area (Å²) >= 11 is 0. The number of nitrogens with two attached hydrogens (primary N) is 1. The summed E-state index contributed by atoms with van der Waals surface area (Å²) in [5.41, 5.74) is 6.58. The lowest BCUT2D eigenvalue weighted by Gasteiger charge is -2.35. The molecular formula is C15H30N2. The van der Waals surface area contributed by atoms with E-state index in [0.717, 1.165) is 12.5 Å². The lowest BCUT2D eigenvalue weighted by molar-refractivity contribution is 0.153. The predicted octanol–water partition coefficient (Wildman–Crippen LogP) is 3.02. The van der Waals surface area contributed by atoms with Crippen molar-refractivity contribution < 1.29 is 0 Å². The number of rotatable bonds is 4. The molecule has 0 spiro atoms. The lowest BCUT2D eigenvalue weighted by atomic mass is 9.80. The molecule has 0 aromatic rings. The van der Waals surface area contributed by atoms with Gasteiger partial charge in [0.1, 0.15) is 0 Å². The van der Waals surface area contributed by atoms with Crippen LogP contribution in [-0.2, 0) is 0 Å². The largest absolute Gasteiger partial charge is 0.330 e. The molecule has 0 aromatic carbocycles. The molecule has 2 N–H and O–H groups in total. The smallest absolute Gasteiger partial charge is 0.00502 e. The molecule has 2 heteroatoms. The molecule has 1 heterocycles. The molecule has 1 aliphatic heterocycles. The minimum atomic E-state index is 0.457. The highest BCUT2D eigenvalue weighted by atomic mass is 15.2. The van der Waals surface area contributed by atoms with Crippen LogP contribution in [0.1, 0.15) is 58.3 Å². The van der Waals surface area contributed by atoms with Crippen molar-refractivity contribution in [3.63, 3.8) is 0 Å². The molecule has 0 bridgehead atoms. The van der Waals surface area contributed by atoms with Crippen LogP contribution in [0, 0.1) is 11.3 Å². The van der Waals surface area contributed by atoms with Crippen LogP contribution >= 0.6 is 0 Å². The second kappa shape index (κ2) is 6.19. The van der Waals surface area contributed by atoms with E-state index < -0.39 is 0 Å². The monoisotopic (exact) mass is 238 g/mol. The third-order valence-corrected chi connectivity index (χ3v) is 5.10. The second-order valence-corrected chi connectivity index (χ2v) is 6.42. The minimum absolute atomic E-state index is 0.457. The normalized spacial score (nSPS) is 30.4. The van der Waals surface area contributed by atoms with E-state index in [1.54, 1.807) is 0 Å². The highest BCUT2D eigenvalue weighted by Gasteiger charge is 2.33. The van der Waals surface area contributed by atoms with Crippen LogP contribution in [0.15, 0.2) is 0 Å². The van der Waals surface area contributed by atoms with E-state index in [4.69, 9.17) is 5.73 Å². The van der Waals surface area contributed by atoms with E-state index in [9.17, 15) is 0 Å². The van der Waals surface area contributed by atoms with Crippen molar-refractivity contribution in [2.45, 2.75) is 58.3 Å². The van der Waals surface area contributed by atoms with Crippen molar-refractivity contribution in [2.75, 3.05) is 26.2 Å². The summed E-state index contributed by atoms with van der Waals surface area (Å²) in [4.78, 5) is 2.70. The van der Waals surface area contributed by atoms with Gasteiger partial charge in [-0.3, -0.25) is 0 Å². The maximum Gasteiger partial charge on any atom is 0.00502 e. The third-order valence-electron chi connectivity index (χ3n) is 5.10. The highest BCUT2D eigenvalue weighted by Crippen LogP contribution is 2.36. The number of nitrogens with zero attached hydrogens (tertiary/aromatic N) is 1. The van der Waals surface area contributed by atoms with E-state index in [1.165, 1.54) is 71.0 Å². The van der Waals surface area contributed by atoms with Gasteiger partial charge in [-0.2, -0.15) is 0 Å². The number of hydrogen-bond donors (Lipinski definition) is 1. The zero-order chi connectivity index (χ0) is 12.1. The van der Waals surface area contributed by atoms with Gasteiger partial charge in [-0.15, -0.1) is 0 Å². The highest BCUT2D eigenvalue weighted by molar-refractivity contribution is 4.88. The van der Waals surface area contributed by atoms with Gasteiger partial charge < -0.3 is 10.6 Å². The molecule has 2 aliphatic rings. The summed E-state index contributed by atoms with van der Waals surface area (Å²) in [7, 11) is 0. The van der Waals surface area contributed by atoms with Gasteiger partial charge in [0.05, 0.1) is 0 Å². The van der Waals surface area contributed by atoms with Crippen LogP contribution in [0.3, 0.4) is 0 Å². The molecule has 2 rings (SSSR count). The molecule has 0 aromatic heterocycles. The van der Waals surface area contributed by atoms with Crippen LogP contribution in [0.4, 0.5) is 0 Å². The fourth-order valence-corrected chi connectivity index (χ4v) is 3.77. The Morgan fingerprint density at radius 2 is 1.88 bits per heavy atom. The zero-order valence-corrected chi connectivity index (χ0v) is 11.6. The van der Waals surface area contributed by atoms with Crippen molar-refractivity contribution in [3.8, 4) is 0 Å². The summed E-state index contributed by atoms with van der Waals surface area (Å²) in [6.45, 7) is 7.16. The molecule has 1 unspecified atom stereocenters. The first-order valence-electron chi connectivity index (χ1n) is 7.70. The van der Waals surface area contributed by atoms with Crippen molar-refractivity contribution >= 4 is 0 Å². The van der Waals surface area contributed by atoms with E-state index >= 15 is 0 Å². The zero-order valence-electron chi connectivity index (χ0n) is 11.6. The van der Waals surface area contributed by atoms with Gasteiger partial charge in [-0.05, 0) is 43.7 Å². The first-order chi connectivity index (χ1) is 8.28. The quantitative estimate of drug-likeness (QED) is 0.763. The van der Waals surface area contributed by atoms with E-state index in [0.29, 0.717) is 5.41 Å². The molecule has 2 nitrogen and oxygen atoms in total. The molecular weight excluding hydrogens is 208 g/mol. The summed E-state index contributed by atoms with van der Waals surface area (Å²) in [6.07, 6.45) is 11.2. The molecule has 100 valence electrons. The fourth-order valence-electron chi connectivity index (χ4n) is 3.77. The number of likely N-dealkylation sites (tertiary alicyclic amines) is 1. The Morgan fingerprint density at radius 3 is 2.41 bits per heavy atom. The van der Waals surface area contributed by atoms with Gasteiger partial charge in [0.15, 0.2) is 0 Å². The summed E-state index contributed by atoms with van der Waals surface area (Å²) in [5.74, 6) is 0.954. The maximum atomic E-state index is 6.13. The van der Waals surface area contributed by atoms with E-state index in [-0.39, 0.29) is 0 Å². The van der Waals surface area contributed by atoms with Crippen LogP contribution in [0.5, 0.6) is 0 Å². The Hall–Kier alpha value is -0.0800. The van der Waals surface area contributed by atoms with Crippen LogP contribution in [-0.4, -0.2) is 31.1 Å². The topological polar surface area (TPSA) is 29.3 Å². The Labute approximate surface area is 107 Å². The molecule has 1 atom stereocenters. The SMILES string of the molecule is CCC1CCN(CC2(CN)CCCCCC2)C1. The minimum Gasteiger partial charge on any atom is -0.330 e. The Morgan fingerprint density at radius 1 is 1.18 bits per heavy atom. The average Bonchev–Trinajstić information content (AvgIpc) is 2.67. The first-order valence-corrected chi connectivity index (χ1v) is 7.70. The van der Waals surface area contributed by atoms with Crippen LogP contribution in [0.25, 0.3) is 0 Å². The van der Waals surface area contributed by atoms with Crippen LogP contribution < -0.4 is 5.73 Å². The standard InChI is InChI=1S/C15H30N2/c1-2-14-7-10-17(11-14)13-15(12-16)8-5-3-4-6-9-15/h14H,2-13,16H2,1H3. The predicted molar refractivity (Wildman–Crippen MR) is 74.0 cm³/mol. The van der Waals surface area contributed by atoms with Crippen molar-refractivity contribution in [1.29, 1.82) is 0 Å². The molecule has 17 heavy (non-hydrogen) atoms. The number of hydrogen-bond acceptors (Lipinski definition) is 2. The maximum absolute atomic E-state index is 6.13. The van der Waals surface area contributed by atoms with Gasteiger partial charge in [-0.25, -0.2) is 0 Å². The fraction of sp³-hybridized carbons (Fsp3) is 1.00. The van der Waals surface area contributed by atoms with Crippen molar-refractivity contribution in [2.24, 2.45) is 17.1 Å². The second-order valence-electron chi connectivity index (χ2n) is 6.42. The molecule has 0 radical (unpaired) electrons. The third kappa shape index (κ3) is 3.45. The Kier molecular flexibility index (Phi) is 4.87. The van der Waals surface area contributed by atoms with Gasteiger partial charge in [-0.1, -0.05) is 39.0 Å². The molecule has 0 amide bonds. The summed E-state index contributed by atoms with van der Waals surface area (Å²) in [5, 5.41) is 0. The Balaban J connectivity index is 1.89. The van der Waals surface area contributed by atoms with Crippen LogP contribution in [0.2, 0.25) is 0 Å².